The number of carbonyl (C=O) groups is 1. The number of rotatable bonds is 4. The van der Waals surface area contributed by atoms with Gasteiger partial charge in [0.1, 0.15) is 5.82 Å². The van der Waals surface area contributed by atoms with Gasteiger partial charge in [0.25, 0.3) is 5.91 Å². The van der Waals surface area contributed by atoms with Crippen molar-refractivity contribution in [2.24, 2.45) is 0 Å². The van der Waals surface area contributed by atoms with Gasteiger partial charge in [-0.05, 0) is 69.9 Å². The van der Waals surface area contributed by atoms with E-state index >= 15 is 0 Å². The maximum absolute atomic E-state index is 13.1. The molecule has 0 spiro atoms. The second-order valence-electron chi connectivity index (χ2n) is 4.34. The summed E-state index contributed by atoms with van der Waals surface area (Å²) >= 11 is 4.72. The van der Waals surface area contributed by atoms with E-state index in [1.54, 1.807) is 11.3 Å². The number of thiophene rings is 1. The SMILES string of the molecule is CC(Cc1ccsc1)NC(=O)c1ccc(F)c(Br)c1. The molecule has 0 bridgehead atoms. The summed E-state index contributed by atoms with van der Waals surface area (Å²) in [5.41, 5.74) is 1.66. The molecule has 19 heavy (non-hydrogen) atoms. The van der Waals surface area contributed by atoms with Crippen LogP contribution in [-0.4, -0.2) is 11.9 Å². The van der Waals surface area contributed by atoms with E-state index in [4.69, 9.17) is 0 Å². The van der Waals surface area contributed by atoms with Crippen molar-refractivity contribution in [2.75, 3.05) is 0 Å². The quantitative estimate of drug-likeness (QED) is 0.894. The number of carbonyl (C=O) groups excluding carboxylic acids is 1. The summed E-state index contributed by atoms with van der Waals surface area (Å²) in [4.78, 5) is 12.0. The number of halogens is 2. The van der Waals surface area contributed by atoms with Gasteiger partial charge < -0.3 is 5.32 Å². The predicted molar refractivity (Wildman–Crippen MR) is 79.1 cm³/mol. The minimum absolute atomic E-state index is 0.0333. The monoisotopic (exact) mass is 341 g/mol. The van der Waals surface area contributed by atoms with Crippen LogP contribution >= 0.6 is 27.3 Å². The lowest BCUT2D eigenvalue weighted by Gasteiger charge is -2.13. The molecule has 0 fully saturated rings. The molecule has 1 amide bonds. The van der Waals surface area contributed by atoms with E-state index in [-0.39, 0.29) is 17.8 Å². The first-order valence-electron chi connectivity index (χ1n) is 5.83. The van der Waals surface area contributed by atoms with Crippen LogP contribution in [0.4, 0.5) is 4.39 Å². The maximum Gasteiger partial charge on any atom is 0.251 e. The van der Waals surface area contributed by atoms with Crippen molar-refractivity contribution < 1.29 is 9.18 Å². The van der Waals surface area contributed by atoms with Crippen LogP contribution in [0.3, 0.4) is 0 Å². The van der Waals surface area contributed by atoms with Gasteiger partial charge in [-0.3, -0.25) is 4.79 Å². The summed E-state index contributed by atoms with van der Waals surface area (Å²) in [6.07, 6.45) is 0.789. The zero-order chi connectivity index (χ0) is 13.8. The van der Waals surface area contributed by atoms with Crippen molar-refractivity contribution in [3.63, 3.8) is 0 Å². The first-order chi connectivity index (χ1) is 9.06. The molecule has 1 heterocycles. The van der Waals surface area contributed by atoms with E-state index in [1.807, 2.05) is 18.4 Å². The number of benzene rings is 1. The normalized spacial score (nSPS) is 12.2. The van der Waals surface area contributed by atoms with Gasteiger partial charge in [-0.1, -0.05) is 0 Å². The predicted octanol–water partition coefficient (Wildman–Crippen LogP) is 4.01. The van der Waals surface area contributed by atoms with Gasteiger partial charge in [0.05, 0.1) is 4.47 Å². The molecule has 2 aromatic rings. The molecular weight excluding hydrogens is 329 g/mol. The van der Waals surface area contributed by atoms with Crippen molar-refractivity contribution in [3.05, 3.63) is 56.4 Å². The van der Waals surface area contributed by atoms with E-state index in [0.717, 1.165) is 6.42 Å². The molecule has 1 aromatic heterocycles. The maximum atomic E-state index is 13.1. The first kappa shape index (κ1) is 14.2. The lowest BCUT2D eigenvalue weighted by Crippen LogP contribution is -2.34. The molecule has 1 atom stereocenters. The Kier molecular flexibility index (Phi) is 4.71. The van der Waals surface area contributed by atoms with Crippen molar-refractivity contribution >= 4 is 33.2 Å². The molecule has 0 radical (unpaired) electrons. The second kappa shape index (κ2) is 6.30. The Morgan fingerprint density at radius 3 is 2.89 bits per heavy atom. The zero-order valence-corrected chi connectivity index (χ0v) is 12.7. The van der Waals surface area contributed by atoms with E-state index in [1.165, 1.54) is 23.8 Å². The van der Waals surface area contributed by atoms with Gasteiger partial charge in [-0.15, -0.1) is 0 Å². The molecule has 1 unspecified atom stereocenters. The fraction of sp³-hybridized carbons (Fsp3) is 0.214. The summed E-state index contributed by atoms with van der Waals surface area (Å²) in [7, 11) is 0. The Bertz CT molecular complexity index is 571. The van der Waals surface area contributed by atoms with Crippen LogP contribution in [0.25, 0.3) is 0 Å². The van der Waals surface area contributed by atoms with Crippen LogP contribution in [0.1, 0.15) is 22.8 Å². The molecule has 2 nitrogen and oxygen atoms in total. The average Bonchev–Trinajstić information content (AvgIpc) is 2.85. The van der Waals surface area contributed by atoms with Gasteiger partial charge in [0.2, 0.25) is 0 Å². The number of amides is 1. The Balaban J connectivity index is 1.98. The fourth-order valence-corrected chi connectivity index (χ4v) is 2.82. The smallest absolute Gasteiger partial charge is 0.251 e. The molecule has 1 aromatic carbocycles. The summed E-state index contributed by atoms with van der Waals surface area (Å²) in [5.74, 6) is -0.564. The Labute approximate surface area is 123 Å². The van der Waals surface area contributed by atoms with E-state index in [9.17, 15) is 9.18 Å². The van der Waals surface area contributed by atoms with E-state index < -0.39 is 0 Å². The van der Waals surface area contributed by atoms with Crippen molar-refractivity contribution in [1.82, 2.24) is 5.32 Å². The first-order valence-corrected chi connectivity index (χ1v) is 7.57. The van der Waals surface area contributed by atoms with Crippen molar-refractivity contribution in [3.8, 4) is 0 Å². The standard InChI is InChI=1S/C14H13BrFNOS/c1-9(6-10-4-5-19-8-10)17-14(18)11-2-3-13(16)12(15)7-11/h2-5,7-9H,6H2,1H3,(H,17,18). The van der Waals surface area contributed by atoms with Crippen LogP contribution in [-0.2, 0) is 6.42 Å². The molecule has 2 rings (SSSR count). The zero-order valence-electron chi connectivity index (χ0n) is 10.3. The van der Waals surface area contributed by atoms with Crippen LogP contribution in [0, 0.1) is 5.82 Å². The summed E-state index contributed by atoms with van der Waals surface area (Å²) in [6.45, 7) is 1.95. The lowest BCUT2D eigenvalue weighted by atomic mass is 10.1. The van der Waals surface area contributed by atoms with Crippen LogP contribution in [0.5, 0.6) is 0 Å². The molecular formula is C14H13BrFNOS. The summed E-state index contributed by atoms with van der Waals surface area (Å²) < 4.78 is 13.4. The third-order valence-electron chi connectivity index (χ3n) is 2.68. The molecule has 100 valence electrons. The highest BCUT2D eigenvalue weighted by molar-refractivity contribution is 9.10. The number of hydrogen-bond donors (Lipinski definition) is 1. The Morgan fingerprint density at radius 1 is 1.47 bits per heavy atom. The Hall–Kier alpha value is -1.20. The summed E-state index contributed by atoms with van der Waals surface area (Å²) in [5, 5.41) is 6.98. The number of nitrogens with one attached hydrogen (secondary N) is 1. The topological polar surface area (TPSA) is 29.1 Å². The lowest BCUT2D eigenvalue weighted by molar-refractivity contribution is 0.0940. The third kappa shape index (κ3) is 3.88. The molecule has 0 aliphatic carbocycles. The summed E-state index contributed by atoms with van der Waals surface area (Å²) in [6, 6.07) is 6.32. The molecule has 5 heteroatoms. The minimum atomic E-state index is -0.372. The molecule has 0 aliphatic rings. The van der Waals surface area contributed by atoms with E-state index in [2.05, 4.69) is 26.6 Å². The van der Waals surface area contributed by atoms with Gasteiger partial charge in [-0.2, -0.15) is 11.3 Å². The van der Waals surface area contributed by atoms with Crippen molar-refractivity contribution in [1.29, 1.82) is 0 Å². The minimum Gasteiger partial charge on any atom is -0.349 e. The molecule has 1 N–H and O–H groups in total. The van der Waals surface area contributed by atoms with Gasteiger partial charge >= 0.3 is 0 Å². The molecule has 0 saturated heterocycles. The average molecular weight is 342 g/mol. The molecule has 0 aliphatic heterocycles. The van der Waals surface area contributed by atoms with Crippen LogP contribution in [0.15, 0.2) is 39.5 Å². The second-order valence-corrected chi connectivity index (χ2v) is 5.97. The van der Waals surface area contributed by atoms with Crippen LogP contribution < -0.4 is 5.32 Å². The highest BCUT2D eigenvalue weighted by Gasteiger charge is 2.12. The number of hydrogen-bond acceptors (Lipinski definition) is 2. The van der Waals surface area contributed by atoms with Gasteiger partial charge in [0.15, 0.2) is 0 Å². The Morgan fingerprint density at radius 2 is 2.26 bits per heavy atom. The van der Waals surface area contributed by atoms with Gasteiger partial charge in [0, 0.05) is 11.6 Å². The van der Waals surface area contributed by atoms with Gasteiger partial charge in [-0.25, -0.2) is 4.39 Å². The highest BCUT2D eigenvalue weighted by Crippen LogP contribution is 2.17. The fourth-order valence-electron chi connectivity index (χ4n) is 1.76. The van der Waals surface area contributed by atoms with E-state index in [0.29, 0.717) is 10.0 Å². The van der Waals surface area contributed by atoms with Crippen LogP contribution in [0.2, 0.25) is 0 Å². The third-order valence-corrected chi connectivity index (χ3v) is 4.02. The molecule has 0 saturated carbocycles. The largest absolute Gasteiger partial charge is 0.349 e. The highest BCUT2D eigenvalue weighted by atomic mass is 79.9. The van der Waals surface area contributed by atoms with Crippen molar-refractivity contribution in [2.45, 2.75) is 19.4 Å².